The third-order valence-corrected chi connectivity index (χ3v) is 8.92. The van der Waals surface area contributed by atoms with Crippen LogP contribution in [0, 0.1) is 0 Å². The van der Waals surface area contributed by atoms with Crippen LogP contribution in [0.5, 0.6) is 0 Å². The van der Waals surface area contributed by atoms with E-state index in [0.29, 0.717) is 17.5 Å². The lowest BCUT2D eigenvalue weighted by atomic mass is 10.00. The number of benzene rings is 7. The zero-order valence-corrected chi connectivity index (χ0v) is 24.4. The Bertz CT molecular complexity index is 2830. The summed E-state index contributed by atoms with van der Waals surface area (Å²) in [5, 5.41) is 8.92. The van der Waals surface area contributed by atoms with Crippen molar-refractivity contribution in [3.05, 3.63) is 140 Å². The topological polar surface area (TPSA) is 65.0 Å². The summed E-state index contributed by atoms with van der Waals surface area (Å²) in [6.45, 7) is 0. The Morgan fingerprint density at radius 2 is 0.913 bits per heavy atom. The summed E-state index contributed by atoms with van der Waals surface area (Å²) in [4.78, 5) is 15.3. The number of aromatic nitrogens is 3. The summed E-state index contributed by atoms with van der Waals surface area (Å²) in [6.07, 6.45) is 0. The van der Waals surface area contributed by atoms with Gasteiger partial charge in [-0.25, -0.2) is 15.0 Å². The standard InChI is InChI=1S/C41H23N3O2/c1-2-9-28-24(8-1)16-17-25-22-26(18-20-29(25)28)39-42-40(27-19-21-31-30-10-3-5-13-34(30)46-37(31)23-27)44-41(43-39)33-12-7-15-36-38(33)32-11-4-6-14-35(32)45-36/h1-23H. The van der Waals surface area contributed by atoms with E-state index in [2.05, 4.69) is 84.9 Å². The highest BCUT2D eigenvalue weighted by Gasteiger charge is 2.19. The number of para-hydroxylation sites is 2. The quantitative estimate of drug-likeness (QED) is 0.192. The first-order chi connectivity index (χ1) is 22.8. The molecule has 0 saturated carbocycles. The van der Waals surface area contributed by atoms with Crippen LogP contribution < -0.4 is 0 Å². The van der Waals surface area contributed by atoms with Crippen LogP contribution in [-0.4, -0.2) is 15.0 Å². The van der Waals surface area contributed by atoms with Gasteiger partial charge in [-0.1, -0.05) is 103 Å². The van der Waals surface area contributed by atoms with Gasteiger partial charge in [0.2, 0.25) is 0 Å². The minimum absolute atomic E-state index is 0.575. The highest BCUT2D eigenvalue weighted by Crippen LogP contribution is 2.38. The lowest BCUT2D eigenvalue weighted by Gasteiger charge is -2.10. The van der Waals surface area contributed by atoms with Crippen LogP contribution >= 0.6 is 0 Å². The van der Waals surface area contributed by atoms with Crippen molar-refractivity contribution in [1.82, 2.24) is 15.0 Å². The first-order valence-corrected chi connectivity index (χ1v) is 15.3. The molecular weight excluding hydrogens is 566 g/mol. The Hall–Kier alpha value is -6.33. The van der Waals surface area contributed by atoms with Crippen molar-refractivity contribution in [2.75, 3.05) is 0 Å². The zero-order chi connectivity index (χ0) is 30.2. The fraction of sp³-hybridized carbons (Fsp3) is 0. The first kappa shape index (κ1) is 25.0. The fourth-order valence-electron chi connectivity index (χ4n) is 6.73. The molecule has 0 saturated heterocycles. The van der Waals surface area contributed by atoms with Crippen molar-refractivity contribution in [2.45, 2.75) is 0 Å². The molecule has 0 fully saturated rings. The number of hydrogen-bond acceptors (Lipinski definition) is 5. The second-order valence-electron chi connectivity index (χ2n) is 11.6. The normalized spacial score (nSPS) is 11.9. The molecule has 7 aromatic carbocycles. The van der Waals surface area contributed by atoms with Gasteiger partial charge in [-0.05, 0) is 57.9 Å². The summed E-state index contributed by atoms with van der Waals surface area (Å²) >= 11 is 0. The smallest absolute Gasteiger partial charge is 0.164 e. The lowest BCUT2D eigenvalue weighted by molar-refractivity contribution is 0.668. The Morgan fingerprint density at radius 3 is 1.76 bits per heavy atom. The molecule has 10 rings (SSSR count). The number of fused-ring (bicyclic) bond motifs is 9. The van der Waals surface area contributed by atoms with E-state index in [1.165, 1.54) is 16.2 Å². The monoisotopic (exact) mass is 589 g/mol. The van der Waals surface area contributed by atoms with Crippen molar-refractivity contribution in [1.29, 1.82) is 0 Å². The minimum Gasteiger partial charge on any atom is -0.456 e. The van der Waals surface area contributed by atoms with E-state index in [0.717, 1.165) is 66.0 Å². The molecule has 10 aromatic rings. The van der Waals surface area contributed by atoms with E-state index in [4.69, 9.17) is 23.8 Å². The Labute approximate surface area is 262 Å². The van der Waals surface area contributed by atoms with Gasteiger partial charge < -0.3 is 8.83 Å². The molecule has 0 spiro atoms. The van der Waals surface area contributed by atoms with E-state index in [9.17, 15) is 0 Å². The van der Waals surface area contributed by atoms with E-state index in [1.807, 2.05) is 54.6 Å². The zero-order valence-electron chi connectivity index (χ0n) is 24.4. The maximum atomic E-state index is 6.24. The van der Waals surface area contributed by atoms with Crippen LogP contribution in [0.4, 0.5) is 0 Å². The van der Waals surface area contributed by atoms with Gasteiger partial charge in [-0.2, -0.15) is 0 Å². The van der Waals surface area contributed by atoms with E-state index >= 15 is 0 Å². The fourth-order valence-corrected chi connectivity index (χ4v) is 6.73. The third kappa shape index (κ3) is 3.79. The highest BCUT2D eigenvalue weighted by atomic mass is 16.3. The molecule has 46 heavy (non-hydrogen) atoms. The second-order valence-corrected chi connectivity index (χ2v) is 11.6. The molecule has 214 valence electrons. The molecule has 5 heteroatoms. The van der Waals surface area contributed by atoms with E-state index in [1.54, 1.807) is 0 Å². The van der Waals surface area contributed by atoms with Crippen LogP contribution in [0.15, 0.2) is 148 Å². The molecule has 0 radical (unpaired) electrons. The number of nitrogens with zero attached hydrogens (tertiary/aromatic N) is 3. The van der Waals surface area contributed by atoms with Gasteiger partial charge in [0.25, 0.3) is 0 Å². The number of rotatable bonds is 3. The van der Waals surface area contributed by atoms with Crippen LogP contribution in [0.1, 0.15) is 0 Å². The van der Waals surface area contributed by atoms with Crippen LogP contribution in [0.3, 0.4) is 0 Å². The van der Waals surface area contributed by atoms with Crippen molar-refractivity contribution in [3.63, 3.8) is 0 Å². The van der Waals surface area contributed by atoms with E-state index in [-0.39, 0.29) is 0 Å². The Balaban J connectivity index is 1.22. The van der Waals surface area contributed by atoms with Crippen LogP contribution in [0.2, 0.25) is 0 Å². The van der Waals surface area contributed by atoms with Gasteiger partial charge in [-0.3, -0.25) is 0 Å². The summed E-state index contributed by atoms with van der Waals surface area (Å²) in [5.74, 6) is 1.76. The molecule has 3 aromatic heterocycles. The number of furan rings is 2. The van der Waals surface area contributed by atoms with Crippen molar-refractivity contribution in [2.24, 2.45) is 0 Å². The molecule has 0 unspecified atom stereocenters. The maximum Gasteiger partial charge on any atom is 0.164 e. The predicted molar refractivity (Wildman–Crippen MR) is 186 cm³/mol. The molecule has 5 nitrogen and oxygen atoms in total. The SMILES string of the molecule is c1ccc2c(c1)ccc1cc(-c3nc(-c4ccc5c(c4)oc4ccccc45)nc(-c4cccc5oc6ccccc6c45)n3)ccc12. The second kappa shape index (κ2) is 9.58. The molecule has 3 heterocycles. The van der Waals surface area contributed by atoms with Crippen LogP contribution in [-0.2, 0) is 0 Å². The maximum absolute atomic E-state index is 6.24. The van der Waals surface area contributed by atoms with Gasteiger partial charge >= 0.3 is 0 Å². The predicted octanol–water partition coefficient (Wildman–Crippen LogP) is 11.0. The van der Waals surface area contributed by atoms with E-state index < -0.39 is 0 Å². The molecule has 0 atom stereocenters. The van der Waals surface area contributed by atoms with Gasteiger partial charge in [0.15, 0.2) is 17.5 Å². The van der Waals surface area contributed by atoms with Gasteiger partial charge in [0, 0.05) is 38.2 Å². The molecule has 0 aliphatic rings. The van der Waals surface area contributed by atoms with Crippen molar-refractivity contribution < 1.29 is 8.83 Å². The minimum atomic E-state index is 0.575. The summed E-state index contributed by atoms with van der Waals surface area (Å²) in [6, 6.07) is 47.6. The molecule has 0 aliphatic heterocycles. The Morgan fingerprint density at radius 1 is 0.348 bits per heavy atom. The molecule has 0 amide bonds. The number of hydrogen-bond donors (Lipinski definition) is 0. The Kier molecular flexibility index (Phi) is 5.22. The first-order valence-electron chi connectivity index (χ1n) is 15.3. The average molecular weight is 590 g/mol. The molecular formula is C41H23N3O2. The summed E-state index contributed by atoms with van der Waals surface area (Å²) in [5.41, 5.74) is 5.94. The van der Waals surface area contributed by atoms with Crippen LogP contribution in [0.25, 0.3) is 99.6 Å². The average Bonchev–Trinajstić information content (AvgIpc) is 3.69. The third-order valence-electron chi connectivity index (χ3n) is 8.92. The van der Waals surface area contributed by atoms with Crippen molar-refractivity contribution in [3.8, 4) is 34.2 Å². The summed E-state index contributed by atoms with van der Waals surface area (Å²) < 4.78 is 12.5. The molecule has 0 aliphatic carbocycles. The van der Waals surface area contributed by atoms with Gasteiger partial charge in [-0.15, -0.1) is 0 Å². The van der Waals surface area contributed by atoms with Crippen molar-refractivity contribution >= 4 is 65.4 Å². The van der Waals surface area contributed by atoms with Gasteiger partial charge in [0.1, 0.15) is 22.3 Å². The molecule has 0 N–H and O–H groups in total. The molecule has 0 bridgehead atoms. The summed E-state index contributed by atoms with van der Waals surface area (Å²) in [7, 11) is 0. The largest absolute Gasteiger partial charge is 0.456 e. The lowest BCUT2D eigenvalue weighted by Crippen LogP contribution is -2.00. The highest BCUT2D eigenvalue weighted by molar-refractivity contribution is 6.12. The van der Waals surface area contributed by atoms with Gasteiger partial charge in [0.05, 0.1) is 0 Å².